The van der Waals surface area contributed by atoms with Gasteiger partial charge in [0.2, 0.25) is 0 Å². The lowest BCUT2D eigenvalue weighted by Gasteiger charge is -2.34. The minimum atomic E-state index is 0.514. The highest BCUT2D eigenvalue weighted by atomic mass is 15.1. The molecule has 2 aromatic carbocycles. The fourth-order valence-corrected chi connectivity index (χ4v) is 3.31. The zero-order valence-corrected chi connectivity index (χ0v) is 13.2. The van der Waals surface area contributed by atoms with E-state index in [-0.39, 0.29) is 0 Å². The van der Waals surface area contributed by atoms with Crippen molar-refractivity contribution in [3.05, 3.63) is 70.8 Å². The predicted octanol–water partition coefficient (Wildman–Crippen LogP) is 4.76. The molecule has 1 nitrogen and oxygen atoms in total. The van der Waals surface area contributed by atoms with E-state index in [0.29, 0.717) is 6.04 Å². The Labute approximate surface area is 128 Å². The molecular weight excluding hydrogens is 254 g/mol. The van der Waals surface area contributed by atoms with Crippen LogP contribution in [0.3, 0.4) is 0 Å². The number of hydrogen-bond donors (Lipinski definition) is 0. The topological polar surface area (TPSA) is 3.24 Å². The van der Waals surface area contributed by atoms with Gasteiger partial charge in [-0.15, -0.1) is 0 Å². The largest absolute Gasteiger partial charge is 0.295 e. The van der Waals surface area contributed by atoms with E-state index in [4.69, 9.17) is 0 Å². The first-order valence-electron chi connectivity index (χ1n) is 8.14. The van der Waals surface area contributed by atoms with Crippen molar-refractivity contribution in [1.29, 1.82) is 0 Å². The van der Waals surface area contributed by atoms with Gasteiger partial charge in [0.1, 0.15) is 0 Å². The van der Waals surface area contributed by atoms with Crippen molar-refractivity contribution in [2.24, 2.45) is 0 Å². The van der Waals surface area contributed by atoms with Crippen LogP contribution >= 0.6 is 0 Å². The molecule has 1 aliphatic heterocycles. The third-order valence-corrected chi connectivity index (χ3v) is 4.67. The molecule has 0 aliphatic carbocycles. The van der Waals surface area contributed by atoms with Gasteiger partial charge in [0.15, 0.2) is 0 Å². The van der Waals surface area contributed by atoms with Crippen molar-refractivity contribution >= 4 is 0 Å². The summed E-state index contributed by atoms with van der Waals surface area (Å²) in [6, 6.07) is 18.7. The summed E-state index contributed by atoms with van der Waals surface area (Å²) in [5, 5.41) is 0. The molecule has 0 spiro atoms. The van der Waals surface area contributed by atoms with Crippen LogP contribution in [0.15, 0.2) is 48.5 Å². The summed E-state index contributed by atoms with van der Waals surface area (Å²) in [6.45, 7) is 3.31. The molecule has 2 aromatic rings. The van der Waals surface area contributed by atoms with Crippen LogP contribution in [0.1, 0.15) is 48.1 Å². The van der Waals surface area contributed by atoms with Crippen LogP contribution < -0.4 is 0 Å². The van der Waals surface area contributed by atoms with E-state index in [9.17, 15) is 0 Å². The van der Waals surface area contributed by atoms with Crippen molar-refractivity contribution in [2.45, 2.75) is 45.2 Å². The average Bonchev–Trinajstić information content (AvgIpc) is 2.53. The lowest BCUT2D eigenvalue weighted by molar-refractivity contribution is 0.218. The van der Waals surface area contributed by atoms with Gasteiger partial charge in [0, 0.05) is 12.6 Å². The molecule has 0 fully saturated rings. The number of benzene rings is 2. The van der Waals surface area contributed by atoms with Gasteiger partial charge in [-0.2, -0.15) is 0 Å². The van der Waals surface area contributed by atoms with Crippen LogP contribution in [-0.2, 0) is 19.4 Å². The van der Waals surface area contributed by atoms with Gasteiger partial charge in [0.05, 0.1) is 0 Å². The molecule has 1 heteroatoms. The van der Waals surface area contributed by atoms with Crippen molar-refractivity contribution in [2.75, 3.05) is 7.05 Å². The molecule has 0 aromatic heterocycles. The van der Waals surface area contributed by atoms with Crippen molar-refractivity contribution in [3.63, 3.8) is 0 Å². The molecule has 21 heavy (non-hydrogen) atoms. The van der Waals surface area contributed by atoms with Gasteiger partial charge in [-0.3, -0.25) is 4.90 Å². The maximum absolute atomic E-state index is 2.48. The first-order chi connectivity index (χ1) is 10.3. The molecule has 0 saturated heterocycles. The van der Waals surface area contributed by atoms with Gasteiger partial charge in [0.25, 0.3) is 0 Å². The standard InChI is InChI=1S/C20H25N/c1-3-4-7-16-10-12-17(13-11-16)20-14-18-8-5-6-9-19(18)15-21(20)2/h5-6,8-13,20H,3-4,7,14-15H2,1-2H3. The van der Waals surface area contributed by atoms with E-state index >= 15 is 0 Å². The Morgan fingerprint density at radius 2 is 1.71 bits per heavy atom. The van der Waals surface area contributed by atoms with Crippen LogP contribution in [0.4, 0.5) is 0 Å². The second-order valence-corrected chi connectivity index (χ2v) is 6.25. The van der Waals surface area contributed by atoms with E-state index in [0.717, 1.165) is 13.0 Å². The van der Waals surface area contributed by atoms with E-state index in [1.165, 1.54) is 41.5 Å². The molecular formula is C20H25N. The summed E-state index contributed by atoms with van der Waals surface area (Å²) < 4.78 is 0. The Morgan fingerprint density at radius 3 is 2.43 bits per heavy atom. The van der Waals surface area contributed by atoms with Gasteiger partial charge in [-0.25, -0.2) is 0 Å². The molecule has 1 atom stereocenters. The summed E-state index contributed by atoms with van der Waals surface area (Å²) in [4.78, 5) is 2.48. The SMILES string of the molecule is CCCCc1ccc(C2Cc3ccccc3CN2C)cc1. The highest BCUT2D eigenvalue weighted by Crippen LogP contribution is 2.32. The molecule has 110 valence electrons. The third-order valence-electron chi connectivity index (χ3n) is 4.67. The first kappa shape index (κ1) is 14.3. The molecule has 1 unspecified atom stereocenters. The van der Waals surface area contributed by atoms with Gasteiger partial charge in [-0.05, 0) is 48.6 Å². The van der Waals surface area contributed by atoms with Gasteiger partial charge < -0.3 is 0 Å². The fourth-order valence-electron chi connectivity index (χ4n) is 3.31. The Kier molecular flexibility index (Phi) is 4.40. The number of fused-ring (bicyclic) bond motifs is 1. The van der Waals surface area contributed by atoms with E-state index in [2.05, 4.69) is 67.4 Å². The molecule has 1 aliphatic rings. The van der Waals surface area contributed by atoms with Crippen LogP contribution in [0.2, 0.25) is 0 Å². The van der Waals surface area contributed by atoms with Gasteiger partial charge in [-0.1, -0.05) is 61.9 Å². The smallest absolute Gasteiger partial charge is 0.0389 e. The summed E-state index contributed by atoms with van der Waals surface area (Å²) in [6.07, 6.45) is 4.89. The maximum Gasteiger partial charge on any atom is 0.0389 e. The summed E-state index contributed by atoms with van der Waals surface area (Å²) in [5.41, 5.74) is 5.91. The number of unbranched alkanes of at least 4 members (excludes halogenated alkanes) is 1. The van der Waals surface area contributed by atoms with Gasteiger partial charge >= 0.3 is 0 Å². The lowest BCUT2D eigenvalue weighted by Crippen LogP contribution is -2.30. The Bertz CT molecular complexity index is 585. The minimum Gasteiger partial charge on any atom is -0.295 e. The number of hydrogen-bond acceptors (Lipinski definition) is 1. The highest BCUT2D eigenvalue weighted by molar-refractivity contribution is 5.34. The van der Waals surface area contributed by atoms with E-state index in [1.54, 1.807) is 0 Å². The molecule has 3 rings (SSSR count). The normalized spacial score (nSPS) is 18.5. The zero-order valence-electron chi connectivity index (χ0n) is 13.2. The fraction of sp³-hybridized carbons (Fsp3) is 0.400. The molecule has 1 heterocycles. The second-order valence-electron chi connectivity index (χ2n) is 6.25. The molecule has 0 radical (unpaired) electrons. The van der Waals surface area contributed by atoms with Crippen molar-refractivity contribution in [3.8, 4) is 0 Å². The lowest BCUT2D eigenvalue weighted by atomic mass is 9.90. The average molecular weight is 279 g/mol. The second kappa shape index (κ2) is 6.44. The number of likely N-dealkylation sites (N-methyl/N-ethyl adjacent to an activating group) is 1. The third kappa shape index (κ3) is 3.19. The highest BCUT2D eigenvalue weighted by Gasteiger charge is 2.24. The summed E-state index contributed by atoms with van der Waals surface area (Å²) in [5.74, 6) is 0. The predicted molar refractivity (Wildman–Crippen MR) is 89.4 cm³/mol. The van der Waals surface area contributed by atoms with E-state index < -0.39 is 0 Å². The van der Waals surface area contributed by atoms with Crippen LogP contribution in [-0.4, -0.2) is 11.9 Å². The Morgan fingerprint density at radius 1 is 1.00 bits per heavy atom. The van der Waals surface area contributed by atoms with E-state index in [1.807, 2.05) is 0 Å². The molecule has 0 N–H and O–H groups in total. The number of aryl methyl sites for hydroxylation is 1. The number of nitrogens with zero attached hydrogens (tertiary/aromatic N) is 1. The Hall–Kier alpha value is -1.60. The zero-order chi connectivity index (χ0) is 14.7. The molecule has 0 bridgehead atoms. The monoisotopic (exact) mass is 279 g/mol. The summed E-state index contributed by atoms with van der Waals surface area (Å²) >= 11 is 0. The van der Waals surface area contributed by atoms with Crippen LogP contribution in [0, 0.1) is 0 Å². The van der Waals surface area contributed by atoms with Crippen LogP contribution in [0.25, 0.3) is 0 Å². The molecule has 0 amide bonds. The Balaban J connectivity index is 1.77. The summed E-state index contributed by atoms with van der Waals surface area (Å²) in [7, 11) is 2.24. The van der Waals surface area contributed by atoms with Crippen molar-refractivity contribution in [1.82, 2.24) is 4.90 Å². The number of rotatable bonds is 4. The maximum atomic E-state index is 2.48. The van der Waals surface area contributed by atoms with Crippen LogP contribution in [0.5, 0.6) is 0 Å². The van der Waals surface area contributed by atoms with Crippen molar-refractivity contribution < 1.29 is 0 Å². The quantitative estimate of drug-likeness (QED) is 0.780. The first-order valence-corrected chi connectivity index (χ1v) is 8.14. The molecule has 0 saturated carbocycles. The minimum absolute atomic E-state index is 0.514.